The van der Waals surface area contributed by atoms with Crippen molar-refractivity contribution < 1.29 is 17.9 Å². The van der Waals surface area contributed by atoms with E-state index in [1.165, 1.54) is 12.1 Å². The van der Waals surface area contributed by atoms with Crippen LogP contribution >= 0.6 is 12.4 Å². The predicted molar refractivity (Wildman–Crippen MR) is 64.0 cm³/mol. The zero-order chi connectivity index (χ0) is 12.3. The Balaban J connectivity index is 0.00000256. The molecule has 0 aromatic heterocycles. The summed E-state index contributed by atoms with van der Waals surface area (Å²) in [5.41, 5.74) is 1.40. The monoisotopic (exact) mass is 269 g/mol. The van der Waals surface area contributed by atoms with E-state index in [1.54, 1.807) is 13.1 Å². The van der Waals surface area contributed by atoms with E-state index in [2.05, 4.69) is 10.1 Å². The highest BCUT2D eigenvalue weighted by molar-refractivity contribution is 5.85. The Morgan fingerprint density at radius 1 is 1.18 bits per heavy atom. The molecule has 0 fully saturated rings. The van der Waals surface area contributed by atoms with Crippen LogP contribution in [-0.2, 0) is 0 Å². The van der Waals surface area contributed by atoms with Gasteiger partial charge < -0.3 is 10.1 Å². The number of alkyl halides is 3. The lowest BCUT2D eigenvalue weighted by Crippen LogP contribution is -2.17. The number of ether oxygens (including phenoxy) is 1. The quantitative estimate of drug-likeness (QED) is 0.889. The van der Waals surface area contributed by atoms with Gasteiger partial charge in [-0.15, -0.1) is 25.6 Å². The molecule has 17 heavy (non-hydrogen) atoms. The third-order valence-corrected chi connectivity index (χ3v) is 2.12. The van der Waals surface area contributed by atoms with Crippen LogP contribution in [0.2, 0.25) is 0 Å². The molecule has 0 saturated carbocycles. The number of halogens is 4. The largest absolute Gasteiger partial charge is 0.573 e. The fourth-order valence-corrected chi connectivity index (χ4v) is 1.29. The van der Waals surface area contributed by atoms with Crippen LogP contribution in [0.1, 0.15) is 25.3 Å². The Labute approximate surface area is 105 Å². The molecule has 1 aromatic rings. The molecule has 0 aliphatic carbocycles. The first-order chi connectivity index (χ1) is 7.31. The van der Waals surface area contributed by atoms with Crippen LogP contribution in [0.5, 0.6) is 5.75 Å². The summed E-state index contributed by atoms with van der Waals surface area (Å²) in [5.74, 6) is -0.0491. The average molecular weight is 270 g/mol. The lowest BCUT2D eigenvalue weighted by atomic mass is 10.0. The SMILES string of the molecule is CNc1cc(OC(F)(F)F)cc(C(C)C)c1.Cl. The Morgan fingerprint density at radius 3 is 2.18 bits per heavy atom. The number of hydrogen-bond acceptors (Lipinski definition) is 2. The number of benzene rings is 1. The predicted octanol–water partition coefficient (Wildman–Crippen LogP) is 4.17. The van der Waals surface area contributed by atoms with E-state index in [-0.39, 0.29) is 24.1 Å². The Hall–Kier alpha value is -1.10. The van der Waals surface area contributed by atoms with Crippen molar-refractivity contribution in [3.63, 3.8) is 0 Å². The summed E-state index contributed by atoms with van der Waals surface area (Å²) in [6, 6.07) is 4.52. The van der Waals surface area contributed by atoms with Crippen molar-refractivity contribution in [2.75, 3.05) is 12.4 Å². The molecule has 2 nitrogen and oxygen atoms in total. The minimum Gasteiger partial charge on any atom is -0.406 e. The van der Waals surface area contributed by atoms with Crippen molar-refractivity contribution in [1.82, 2.24) is 0 Å². The molecule has 0 atom stereocenters. The van der Waals surface area contributed by atoms with Crippen molar-refractivity contribution in [2.24, 2.45) is 0 Å². The van der Waals surface area contributed by atoms with Gasteiger partial charge in [0.2, 0.25) is 0 Å². The minimum atomic E-state index is -4.65. The van der Waals surface area contributed by atoms with Gasteiger partial charge in [0.15, 0.2) is 0 Å². The molecule has 6 heteroatoms. The maximum absolute atomic E-state index is 12.1. The molecular weight excluding hydrogens is 255 g/mol. The molecular formula is C11H15ClF3NO. The second-order valence-electron chi connectivity index (χ2n) is 3.74. The average Bonchev–Trinajstić information content (AvgIpc) is 2.14. The Bertz CT molecular complexity index is 366. The topological polar surface area (TPSA) is 21.3 Å². The molecule has 98 valence electrons. The number of nitrogens with one attached hydrogen (secondary N) is 1. The highest BCUT2D eigenvalue weighted by Gasteiger charge is 2.31. The number of hydrogen-bond donors (Lipinski definition) is 1. The van der Waals surface area contributed by atoms with E-state index >= 15 is 0 Å². The lowest BCUT2D eigenvalue weighted by molar-refractivity contribution is -0.274. The molecule has 1 aromatic carbocycles. The van der Waals surface area contributed by atoms with Gasteiger partial charge in [0.25, 0.3) is 0 Å². The van der Waals surface area contributed by atoms with E-state index < -0.39 is 6.36 Å². The molecule has 0 aliphatic heterocycles. The minimum absolute atomic E-state index is 0. The maximum Gasteiger partial charge on any atom is 0.573 e. The van der Waals surface area contributed by atoms with Crippen molar-refractivity contribution in [3.8, 4) is 5.75 Å². The smallest absolute Gasteiger partial charge is 0.406 e. The summed E-state index contributed by atoms with van der Waals surface area (Å²) in [6.45, 7) is 3.82. The van der Waals surface area contributed by atoms with E-state index in [1.807, 2.05) is 13.8 Å². The zero-order valence-corrected chi connectivity index (χ0v) is 10.6. The van der Waals surface area contributed by atoms with Crippen molar-refractivity contribution in [1.29, 1.82) is 0 Å². The second kappa shape index (κ2) is 6.00. The maximum atomic E-state index is 12.1. The van der Waals surface area contributed by atoms with Crippen LogP contribution in [0.25, 0.3) is 0 Å². The van der Waals surface area contributed by atoms with Gasteiger partial charge >= 0.3 is 6.36 Å². The summed E-state index contributed by atoms with van der Waals surface area (Å²) in [7, 11) is 1.65. The first-order valence-electron chi connectivity index (χ1n) is 4.90. The van der Waals surface area contributed by atoms with Gasteiger partial charge in [-0.2, -0.15) is 0 Å². The first kappa shape index (κ1) is 15.9. The molecule has 0 unspecified atom stereocenters. The van der Waals surface area contributed by atoms with Crippen molar-refractivity contribution >= 4 is 18.1 Å². The molecule has 0 amide bonds. The summed E-state index contributed by atoms with van der Waals surface area (Å²) < 4.78 is 40.1. The second-order valence-corrected chi connectivity index (χ2v) is 3.74. The lowest BCUT2D eigenvalue weighted by Gasteiger charge is -2.14. The van der Waals surface area contributed by atoms with E-state index in [9.17, 15) is 13.2 Å². The zero-order valence-electron chi connectivity index (χ0n) is 9.76. The molecule has 0 saturated heterocycles. The third-order valence-electron chi connectivity index (χ3n) is 2.12. The molecule has 0 bridgehead atoms. The molecule has 0 heterocycles. The van der Waals surface area contributed by atoms with Gasteiger partial charge in [-0.3, -0.25) is 0 Å². The summed E-state index contributed by atoms with van der Waals surface area (Å²) in [6.07, 6.45) is -4.65. The van der Waals surface area contributed by atoms with Crippen LogP contribution in [0, 0.1) is 0 Å². The fourth-order valence-electron chi connectivity index (χ4n) is 1.29. The number of rotatable bonds is 3. The van der Waals surface area contributed by atoms with E-state index in [0.717, 1.165) is 5.56 Å². The van der Waals surface area contributed by atoms with Crippen LogP contribution < -0.4 is 10.1 Å². The summed E-state index contributed by atoms with van der Waals surface area (Å²) >= 11 is 0. The molecule has 1 rings (SSSR count). The molecule has 0 aliphatic rings. The number of anilines is 1. The first-order valence-corrected chi connectivity index (χ1v) is 4.90. The Kier molecular flexibility index (Phi) is 5.61. The van der Waals surface area contributed by atoms with Crippen LogP contribution in [-0.4, -0.2) is 13.4 Å². The molecule has 1 N–H and O–H groups in total. The fraction of sp³-hybridized carbons (Fsp3) is 0.455. The molecule has 0 spiro atoms. The Morgan fingerprint density at radius 2 is 1.76 bits per heavy atom. The van der Waals surface area contributed by atoms with Gasteiger partial charge in [-0.05, 0) is 23.6 Å². The highest BCUT2D eigenvalue weighted by atomic mass is 35.5. The van der Waals surface area contributed by atoms with Gasteiger partial charge in [0.05, 0.1) is 0 Å². The van der Waals surface area contributed by atoms with Gasteiger partial charge in [0, 0.05) is 18.8 Å². The van der Waals surface area contributed by atoms with E-state index in [4.69, 9.17) is 0 Å². The highest BCUT2D eigenvalue weighted by Crippen LogP contribution is 2.29. The summed E-state index contributed by atoms with van der Waals surface area (Å²) in [4.78, 5) is 0. The van der Waals surface area contributed by atoms with Crippen molar-refractivity contribution in [3.05, 3.63) is 23.8 Å². The normalized spacial score (nSPS) is 11.0. The van der Waals surface area contributed by atoms with Gasteiger partial charge in [0.1, 0.15) is 5.75 Å². The van der Waals surface area contributed by atoms with Gasteiger partial charge in [-0.1, -0.05) is 13.8 Å². The van der Waals surface area contributed by atoms with Crippen LogP contribution in [0.3, 0.4) is 0 Å². The standard InChI is InChI=1S/C11H14F3NO.ClH/c1-7(2)8-4-9(15-3)6-10(5-8)16-11(12,13)14;/h4-7,15H,1-3H3;1H. The third kappa shape index (κ3) is 5.17. The van der Waals surface area contributed by atoms with Gasteiger partial charge in [-0.25, -0.2) is 0 Å². The van der Waals surface area contributed by atoms with Crippen LogP contribution in [0.4, 0.5) is 18.9 Å². The summed E-state index contributed by atoms with van der Waals surface area (Å²) in [5, 5.41) is 2.80. The molecule has 0 radical (unpaired) electrons. The van der Waals surface area contributed by atoms with E-state index in [0.29, 0.717) is 5.69 Å². The van der Waals surface area contributed by atoms with Crippen LogP contribution in [0.15, 0.2) is 18.2 Å². The van der Waals surface area contributed by atoms with Crippen molar-refractivity contribution in [2.45, 2.75) is 26.1 Å².